The molecule has 2 rings (SSSR count). The Morgan fingerprint density at radius 1 is 1.45 bits per heavy atom. The lowest BCUT2D eigenvalue weighted by molar-refractivity contribution is 0.0218. The molecule has 1 aromatic heterocycles. The molecule has 0 aromatic carbocycles. The molecule has 0 unspecified atom stereocenters. The average Bonchev–Trinajstić information content (AvgIpc) is 2.37. The Morgan fingerprint density at radius 3 is 2.68 bits per heavy atom. The molecule has 0 N–H and O–H groups in total. The molecule has 7 heteroatoms. The summed E-state index contributed by atoms with van der Waals surface area (Å²) in [6.07, 6.45) is 1.37. The van der Waals surface area contributed by atoms with Crippen molar-refractivity contribution in [3.63, 3.8) is 0 Å². The van der Waals surface area contributed by atoms with Crippen LogP contribution in [0.3, 0.4) is 0 Å². The molecule has 122 valence electrons. The topological polar surface area (TPSA) is 45.7 Å². The first kappa shape index (κ1) is 17.3. The van der Waals surface area contributed by atoms with Gasteiger partial charge in [-0.1, -0.05) is 11.6 Å². The largest absolute Gasteiger partial charge is 0.444 e. The normalized spacial score (nSPS) is 19.3. The number of hydrogen-bond acceptors (Lipinski definition) is 4. The van der Waals surface area contributed by atoms with E-state index in [-0.39, 0.29) is 12.1 Å². The number of carbonyl (C=O) groups excluding carboxylic acids is 1. The number of pyridine rings is 1. The van der Waals surface area contributed by atoms with E-state index in [1.165, 1.54) is 0 Å². The van der Waals surface area contributed by atoms with Crippen LogP contribution >= 0.6 is 27.5 Å². The first-order valence-corrected chi connectivity index (χ1v) is 8.40. The van der Waals surface area contributed by atoms with Crippen LogP contribution in [0.4, 0.5) is 10.6 Å². The van der Waals surface area contributed by atoms with Gasteiger partial charge in [0.25, 0.3) is 0 Å². The minimum atomic E-state index is -0.474. The molecule has 5 nitrogen and oxygen atoms in total. The van der Waals surface area contributed by atoms with Gasteiger partial charge in [-0.3, -0.25) is 0 Å². The molecule has 1 fully saturated rings. The van der Waals surface area contributed by atoms with Gasteiger partial charge in [0.2, 0.25) is 0 Å². The zero-order valence-corrected chi connectivity index (χ0v) is 15.6. The second kappa shape index (κ2) is 6.62. The van der Waals surface area contributed by atoms with Crippen molar-refractivity contribution in [3.8, 4) is 0 Å². The third kappa shape index (κ3) is 4.26. The predicted octanol–water partition coefficient (Wildman–Crippen LogP) is 3.94. The molecule has 1 aromatic rings. The predicted molar refractivity (Wildman–Crippen MR) is 91.6 cm³/mol. The number of piperazine rings is 1. The number of carbonyl (C=O) groups is 1. The minimum Gasteiger partial charge on any atom is -0.444 e. The highest BCUT2D eigenvalue weighted by atomic mass is 79.9. The second-order valence-electron chi connectivity index (χ2n) is 6.43. The van der Waals surface area contributed by atoms with Crippen molar-refractivity contribution in [2.75, 3.05) is 24.5 Å². The van der Waals surface area contributed by atoms with Crippen LogP contribution in [0.5, 0.6) is 0 Å². The summed E-state index contributed by atoms with van der Waals surface area (Å²) in [7, 11) is 0. The van der Waals surface area contributed by atoms with Crippen molar-refractivity contribution in [1.82, 2.24) is 9.88 Å². The van der Waals surface area contributed by atoms with Crippen molar-refractivity contribution >= 4 is 39.4 Å². The number of hydrogen-bond donors (Lipinski definition) is 0. The van der Waals surface area contributed by atoms with Crippen molar-refractivity contribution in [3.05, 3.63) is 21.8 Å². The van der Waals surface area contributed by atoms with Crippen LogP contribution in [0.2, 0.25) is 5.02 Å². The molecule has 1 saturated heterocycles. The number of amides is 1. The molecule has 0 radical (unpaired) electrons. The van der Waals surface area contributed by atoms with E-state index in [0.717, 1.165) is 10.3 Å². The van der Waals surface area contributed by atoms with Crippen molar-refractivity contribution in [2.45, 2.75) is 39.3 Å². The Hall–Kier alpha value is -1.01. The van der Waals surface area contributed by atoms with Gasteiger partial charge in [0.05, 0.1) is 9.50 Å². The van der Waals surface area contributed by atoms with E-state index in [0.29, 0.717) is 24.7 Å². The fourth-order valence-electron chi connectivity index (χ4n) is 2.38. The van der Waals surface area contributed by atoms with Crippen molar-refractivity contribution in [2.24, 2.45) is 0 Å². The number of nitrogens with zero attached hydrogens (tertiary/aromatic N) is 3. The molecule has 0 spiro atoms. The average molecular weight is 391 g/mol. The van der Waals surface area contributed by atoms with Crippen LogP contribution in [0, 0.1) is 0 Å². The minimum absolute atomic E-state index is 0.145. The summed E-state index contributed by atoms with van der Waals surface area (Å²) in [5.74, 6) is 0.848. The first-order chi connectivity index (χ1) is 10.2. The second-order valence-corrected chi connectivity index (χ2v) is 7.72. The van der Waals surface area contributed by atoms with Gasteiger partial charge in [-0.2, -0.15) is 0 Å². The molecule has 1 aliphatic heterocycles. The molecule has 0 bridgehead atoms. The SMILES string of the molecule is C[C@H]1CN(C(=O)OC(C)(C)C)CCN1c1ncc(Cl)cc1Br. The molecular weight excluding hydrogens is 370 g/mol. The Bertz CT molecular complexity index is 562. The fraction of sp³-hybridized carbons (Fsp3) is 0.600. The first-order valence-electron chi connectivity index (χ1n) is 7.23. The Kier molecular flexibility index (Phi) is 5.22. The van der Waals surface area contributed by atoms with E-state index in [1.54, 1.807) is 11.1 Å². The number of halogens is 2. The zero-order chi connectivity index (χ0) is 16.5. The lowest BCUT2D eigenvalue weighted by atomic mass is 10.2. The molecule has 1 amide bonds. The highest BCUT2D eigenvalue weighted by molar-refractivity contribution is 9.10. The van der Waals surface area contributed by atoms with Crippen LogP contribution in [0.15, 0.2) is 16.7 Å². The molecule has 22 heavy (non-hydrogen) atoms. The van der Waals surface area contributed by atoms with Gasteiger partial charge in [0.1, 0.15) is 11.4 Å². The number of aromatic nitrogens is 1. The quantitative estimate of drug-likeness (QED) is 0.728. The highest BCUT2D eigenvalue weighted by Crippen LogP contribution is 2.29. The molecule has 0 aliphatic carbocycles. The van der Waals surface area contributed by atoms with Crippen LogP contribution in [0.1, 0.15) is 27.7 Å². The van der Waals surface area contributed by atoms with Crippen LogP contribution in [-0.2, 0) is 4.74 Å². The summed E-state index contributed by atoms with van der Waals surface area (Å²) in [6, 6.07) is 1.97. The van der Waals surface area contributed by atoms with Gasteiger partial charge in [0, 0.05) is 31.9 Å². The maximum Gasteiger partial charge on any atom is 0.410 e. The van der Waals surface area contributed by atoms with Gasteiger partial charge < -0.3 is 14.5 Å². The molecule has 0 saturated carbocycles. The smallest absolute Gasteiger partial charge is 0.410 e. The molecule has 1 aliphatic rings. The lowest BCUT2D eigenvalue weighted by Gasteiger charge is -2.41. The fourth-order valence-corrected chi connectivity index (χ4v) is 3.25. The molecule has 1 atom stereocenters. The Morgan fingerprint density at radius 2 is 2.14 bits per heavy atom. The number of ether oxygens (including phenoxy) is 1. The summed E-state index contributed by atoms with van der Waals surface area (Å²) in [5.41, 5.74) is -0.474. The van der Waals surface area contributed by atoms with Gasteiger partial charge in [-0.05, 0) is 49.7 Å². The van der Waals surface area contributed by atoms with E-state index < -0.39 is 5.60 Å². The van der Waals surface area contributed by atoms with E-state index >= 15 is 0 Å². The van der Waals surface area contributed by atoms with Gasteiger partial charge in [-0.15, -0.1) is 0 Å². The standard InChI is InChI=1S/C15H21BrClN3O2/c1-10-9-19(14(21)22-15(2,3)4)5-6-20(10)13-12(16)7-11(17)8-18-13/h7-8,10H,5-6,9H2,1-4H3/t10-/m0/s1. The van der Waals surface area contributed by atoms with Gasteiger partial charge >= 0.3 is 6.09 Å². The Balaban J connectivity index is 2.05. The third-order valence-electron chi connectivity index (χ3n) is 3.34. The maximum atomic E-state index is 12.2. The summed E-state index contributed by atoms with van der Waals surface area (Å²) < 4.78 is 6.29. The van der Waals surface area contributed by atoms with E-state index in [2.05, 4.69) is 32.7 Å². The van der Waals surface area contributed by atoms with E-state index in [9.17, 15) is 4.79 Å². The maximum absolute atomic E-state index is 12.2. The summed E-state index contributed by atoms with van der Waals surface area (Å²) >= 11 is 9.44. The van der Waals surface area contributed by atoms with Crippen LogP contribution in [0.25, 0.3) is 0 Å². The summed E-state index contributed by atoms with van der Waals surface area (Å²) in [4.78, 5) is 20.5. The van der Waals surface area contributed by atoms with Gasteiger partial charge in [-0.25, -0.2) is 9.78 Å². The van der Waals surface area contributed by atoms with Crippen molar-refractivity contribution in [1.29, 1.82) is 0 Å². The summed E-state index contributed by atoms with van der Waals surface area (Å²) in [6.45, 7) is 9.60. The number of anilines is 1. The number of rotatable bonds is 1. The van der Waals surface area contributed by atoms with Crippen molar-refractivity contribution < 1.29 is 9.53 Å². The Labute approximate surface area is 144 Å². The van der Waals surface area contributed by atoms with Crippen LogP contribution < -0.4 is 4.90 Å². The van der Waals surface area contributed by atoms with Gasteiger partial charge in [0.15, 0.2) is 0 Å². The molecule has 2 heterocycles. The third-order valence-corrected chi connectivity index (χ3v) is 4.13. The van der Waals surface area contributed by atoms with Crippen LogP contribution in [-0.4, -0.2) is 47.3 Å². The van der Waals surface area contributed by atoms with E-state index in [4.69, 9.17) is 16.3 Å². The zero-order valence-electron chi connectivity index (χ0n) is 13.3. The van der Waals surface area contributed by atoms with E-state index in [1.807, 2.05) is 26.8 Å². The molecular formula is C15H21BrClN3O2. The highest BCUT2D eigenvalue weighted by Gasteiger charge is 2.31. The monoisotopic (exact) mass is 389 g/mol. The lowest BCUT2D eigenvalue weighted by Crippen LogP contribution is -2.54. The summed E-state index contributed by atoms with van der Waals surface area (Å²) in [5, 5.41) is 0.593.